The molecule has 1 heterocycles. The van der Waals surface area contributed by atoms with Gasteiger partial charge in [0.05, 0.1) is 10.5 Å². The molecular weight excluding hydrogens is 453 g/mol. The van der Waals surface area contributed by atoms with E-state index in [-0.39, 0.29) is 18.0 Å². The molecule has 9 heteroatoms. The third-order valence-electron chi connectivity index (χ3n) is 5.60. The van der Waals surface area contributed by atoms with E-state index in [1.807, 2.05) is 12.1 Å². The van der Waals surface area contributed by atoms with Crippen molar-refractivity contribution in [2.45, 2.75) is 56.7 Å². The smallest absolute Gasteiger partial charge is 0.271 e. The summed E-state index contributed by atoms with van der Waals surface area (Å²) in [5, 5.41) is 0. The zero-order valence-electron chi connectivity index (χ0n) is 18.7. The van der Waals surface area contributed by atoms with Crippen LogP contribution < -0.4 is 5.48 Å². The van der Waals surface area contributed by atoms with Crippen molar-refractivity contribution < 1.29 is 26.4 Å². The minimum absolute atomic E-state index is 0.184. The summed E-state index contributed by atoms with van der Waals surface area (Å²) in [6, 6.07) is 12.0. The lowest BCUT2D eigenvalue weighted by Crippen LogP contribution is -2.36. The molecule has 1 N–H and O–H groups in total. The molecule has 0 amide bonds. The van der Waals surface area contributed by atoms with Gasteiger partial charge in [0.25, 0.3) is 0 Å². The summed E-state index contributed by atoms with van der Waals surface area (Å²) in [4.78, 5) is 5.80. The normalized spacial score (nSPS) is 16.3. The molecule has 180 valence electrons. The van der Waals surface area contributed by atoms with Crippen LogP contribution in [0.4, 0.5) is 13.2 Å². The van der Waals surface area contributed by atoms with E-state index in [1.165, 1.54) is 10.4 Å². The molecule has 3 rings (SSSR count). The fourth-order valence-electron chi connectivity index (χ4n) is 3.52. The topological polar surface area (TPSA) is 58.6 Å². The van der Waals surface area contributed by atoms with Crippen molar-refractivity contribution in [1.29, 1.82) is 0 Å². The summed E-state index contributed by atoms with van der Waals surface area (Å²) in [5.74, 6) is 0. The van der Waals surface area contributed by atoms with Crippen LogP contribution in [0.5, 0.6) is 0 Å². The van der Waals surface area contributed by atoms with Crippen LogP contribution in [-0.2, 0) is 27.5 Å². The maximum atomic E-state index is 12.9. The molecular formula is C24H29F3N2O3S. The number of hydrogen-bond donors (Lipinski definition) is 1. The fraction of sp³-hybridized carbons (Fsp3) is 0.417. The lowest BCUT2D eigenvalue weighted by atomic mass is 10.1. The highest BCUT2D eigenvalue weighted by Gasteiger charge is 2.31. The molecule has 1 aliphatic heterocycles. The number of sulfonamides is 1. The average molecular weight is 483 g/mol. The first-order chi connectivity index (χ1) is 15.6. The first-order valence-corrected chi connectivity index (χ1v) is 12.4. The Labute approximate surface area is 193 Å². The molecule has 0 spiro atoms. The number of alkyl halides is 3. The molecule has 1 aliphatic rings. The Bertz CT molecular complexity index is 1070. The molecule has 0 aromatic heterocycles. The van der Waals surface area contributed by atoms with Crippen molar-refractivity contribution in [2.75, 3.05) is 13.1 Å². The molecule has 0 saturated heterocycles. The van der Waals surface area contributed by atoms with Crippen molar-refractivity contribution in [3.05, 3.63) is 77.0 Å². The van der Waals surface area contributed by atoms with E-state index < -0.39 is 27.9 Å². The SMILES string of the molecule is CCCCc1ccc(S(=O)(=O)N2CC=C(NOC(C)c3cccc(C(F)(F)F)c3)CC2)cc1. The Kier molecular flexibility index (Phi) is 8.20. The second kappa shape index (κ2) is 10.7. The van der Waals surface area contributed by atoms with Gasteiger partial charge in [-0.1, -0.05) is 37.6 Å². The summed E-state index contributed by atoms with van der Waals surface area (Å²) in [6.45, 7) is 4.22. The molecule has 0 aliphatic carbocycles. The van der Waals surface area contributed by atoms with Crippen molar-refractivity contribution >= 4 is 10.0 Å². The Morgan fingerprint density at radius 3 is 2.48 bits per heavy atom. The molecule has 2 aromatic carbocycles. The van der Waals surface area contributed by atoms with Gasteiger partial charge < -0.3 is 0 Å². The number of hydroxylamine groups is 1. The highest BCUT2D eigenvalue weighted by atomic mass is 32.2. The molecule has 0 bridgehead atoms. The van der Waals surface area contributed by atoms with Crippen LogP contribution in [0.15, 0.2) is 65.2 Å². The number of nitrogens with one attached hydrogen (secondary N) is 1. The minimum Gasteiger partial charge on any atom is -0.271 e. The molecule has 33 heavy (non-hydrogen) atoms. The van der Waals surface area contributed by atoms with E-state index in [1.54, 1.807) is 31.2 Å². The standard InChI is InChI=1S/C24H29F3N2O3S/c1-3-4-6-19-9-11-23(12-10-19)33(30,31)29-15-13-22(14-16-29)28-32-18(2)20-7-5-8-21(17-20)24(25,26)27/h5,7-13,17-18,28H,3-4,6,14-16H2,1-2H3. The predicted octanol–water partition coefficient (Wildman–Crippen LogP) is 5.61. The minimum atomic E-state index is -4.42. The fourth-order valence-corrected chi connectivity index (χ4v) is 4.90. The molecule has 1 atom stereocenters. The van der Waals surface area contributed by atoms with E-state index in [2.05, 4.69) is 12.4 Å². The van der Waals surface area contributed by atoms with Crippen molar-refractivity contribution in [1.82, 2.24) is 9.79 Å². The number of nitrogens with zero attached hydrogens (tertiary/aromatic N) is 1. The van der Waals surface area contributed by atoms with Crippen molar-refractivity contribution in [2.24, 2.45) is 0 Å². The van der Waals surface area contributed by atoms with Gasteiger partial charge in [-0.15, -0.1) is 0 Å². The van der Waals surface area contributed by atoms with E-state index in [0.717, 1.165) is 37.0 Å². The van der Waals surface area contributed by atoms with Crippen molar-refractivity contribution in [3.63, 3.8) is 0 Å². The quantitative estimate of drug-likeness (QED) is 0.472. The average Bonchev–Trinajstić information content (AvgIpc) is 2.81. The van der Waals surface area contributed by atoms with Crippen LogP contribution in [0.2, 0.25) is 0 Å². The zero-order chi connectivity index (χ0) is 24.1. The summed E-state index contributed by atoms with van der Waals surface area (Å²) in [7, 11) is -3.60. The van der Waals surface area contributed by atoms with Crippen LogP contribution in [0.25, 0.3) is 0 Å². The molecule has 0 saturated carbocycles. The van der Waals surface area contributed by atoms with Gasteiger partial charge in [-0.3, -0.25) is 10.3 Å². The summed E-state index contributed by atoms with van der Waals surface area (Å²) < 4.78 is 66.0. The predicted molar refractivity (Wildman–Crippen MR) is 121 cm³/mol. The van der Waals surface area contributed by atoms with E-state index >= 15 is 0 Å². The first-order valence-electron chi connectivity index (χ1n) is 11.0. The highest BCUT2D eigenvalue weighted by molar-refractivity contribution is 7.89. The maximum Gasteiger partial charge on any atom is 0.416 e. The highest BCUT2D eigenvalue weighted by Crippen LogP contribution is 2.31. The molecule has 0 radical (unpaired) electrons. The van der Waals surface area contributed by atoms with Gasteiger partial charge in [-0.2, -0.15) is 17.5 Å². The number of aryl methyl sites for hydroxylation is 1. The second-order valence-corrected chi connectivity index (χ2v) is 10.0. The third-order valence-corrected chi connectivity index (χ3v) is 7.48. The van der Waals surface area contributed by atoms with Crippen LogP contribution in [0, 0.1) is 0 Å². The van der Waals surface area contributed by atoms with E-state index in [9.17, 15) is 21.6 Å². The molecule has 1 unspecified atom stereocenters. The van der Waals surface area contributed by atoms with Gasteiger partial charge in [0, 0.05) is 25.2 Å². The maximum absolute atomic E-state index is 12.9. The molecule has 0 fully saturated rings. The first kappa shape index (κ1) is 25.3. The van der Waals surface area contributed by atoms with Gasteiger partial charge in [-0.25, -0.2) is 8.42 Å². The summed E-state index contributed by atoms with van der Waals surface area (Å²) >= 11 is 0. The molecule has 2 aromatic rings. The Morgan fingerprint density at radius 2 is 1.88 bits per heavy atom. The zero-order valence-corrected chi connectivity index (χ0v) is 19.5. The largest absolute Gasteiger partial charge is 0.416 e. The number of unbranched alkanes of at least 4 members (excludes halogenated alkanes) is 1. The number of hydrogen-bond acceptors (Lipinski definition) is 4. The Balaban J connectivity index is 1.57. The lowest BCUT2D eigenvalue weighted by Gasteiger charge is -2.27. The van der Waals surface area contributed by atoms with Crippen LogP contribution in [0.1, 0.15) is 55.9 Å². The Morgan fingerprint density at radius 1 is 1.15 bits per heavy atom. The van der Waals surface area contributed by atoms with Crippen LogP contribution >= 0.6 is 0 Å². The van der Waals surface area contributed by atoms with E-state index in [0.29, 0.717) is 17.7 Å². The van der Waals surface area contributed by atoms with Gasteiger partial charge in [-0.05, 0) is 61.2 Å². The third kappa shape index (κ3) is 6.59. The number of benzene rings is 2. The summed E-state index contributed by atoms with van der Waals surface area (Å²) in [6.07, 6.45) is 0.156. The monoisotopic (exact) mass is 482 g/mol. The lowest BCUT2D eigenvalue weighted by molar-refractivity contribution is -0.137. The van der Waals surface area contributed by atoms with E-state index in [4.69, 9.17) is 4.84 Å². The second-order valence-electron chi connectivity index (χ2n) is 8.08. The van der Waals surface area contributed by atoms with Gasteiger partial charge >= 0.3 is 6.18 Å². The van der Waals surface area contributed by atoms with Crippen LogP contribution in [-0.4, -0.2) is 25.8 Å². The number of halogens is 3. The molecule has 5 nitrogen and oxygen atoms in total. The van der Waals surface area contributed by atoms with Crippen molar-refractivity contribution in [3.8, 4) is 0 Å². The van der Waals surface area contributed by atoms with Gasteiger partial charge in [0.1, 0.15) is 6.10 Å². The van der Waals surface area contributed by atoms with Crippen LogP contribution in [0.3, 0.4) is 0 Å². The number of rotatable bonds is 9. The summed E-state index contributed by atoms with van der Waals surface area (Å²) in [5.41, 5.74) is 4.24. The Hall–Kier alpha value is -2.36. The van der Waals surface area contributed by atoms with Gasteiger partial charge in [0.15, 0.2) is 0 Å². The van der Waals surface area contributed by atoms with Gasteiger partial charge in [0.2, 0.25) is 10.0 Å².